The molecule has 0 aliphatic carbocycles. The van der Waals surface area contributed by atoms with E-state index in [0.29, 0.717) is 0 Å². The summed E-state index contributed by atoms with van der Waals surface area (Å²) in [5.74, 6) is 0. The first-order valence-corrected chi connectivity index (χ1v) is 20.6. The second-order valence-electron chi connectivity index (χ2n) is 15.3. The van der Waals surface area contributed by atoms with Crippen molar-refractivity contribution in [3.63, 3.8) is 0 Å². The van der Waals surface area contributed by atoms with Crippen molar-refractivity contribution in [3.8, 4) is 50.2 Å². The Morgan fingerprint density at radius 3 is 1.58 bits per heavy atom. The minimum atomic E-state index is 1.08. The zero-order chi connectivity index (χ0) is 39.8. The Morgan fingerprint density at radius 2 is 0.817 bits per heavy atom. The lowest BCUT2D eigenvalue weighted by Gasteiger charge is -2.28. The van der Waals surface area contributed by atoms with Crippen molar-refractivity contribution in [1.82, 2.24) is 4.57 Å². The minimum Gasteiger partial charge on any atom is -0.310 e. The van der Waals surface area contributed by atoms with Crippen molar-refractivity contribution >= 4 is 49.6 Å². The smallest absolute Gasteiger partial charge is 0.0562 e. The Balaban J connectivity index is 1.14. The Morgan fingerprint density at radius 1 is 0.283 bits per heavy atom. The van der Waals surface area contributed by atoms with Gasteiger partial charge in [0, 0.05) is 33.3 Å². The predicted molar refractivity (Wildman–Crippen MR) is 255 cm³/mol. The summed E-state index contributed by atoms with van der Waals surface area (Å²) in [6, 6.07) is 88.0. The van der Waals surface area contributed by atoms with Gasteiger partial charge in [-0.05, 0) is 98.8 Å². The first kappa shape index (κ1) is 35.2. The zero-order valence-corrected chi connectivity index (χ0v) is 33.0. The molecular weight excluding hydrogens is 725 g/mol. The van der Waals surface area contributed by atoms with Gasteiger partial charge in [-0.2, -0.15) is 0 Å². The van der Waals surface area contributed by atoms with Gasteiger partial charge in [0.25, 0.3) is 0 Å². The average molecular weight is 765 g/mol. The third-order valence-corrected chi connectivity index (χ3v) is 11.8. The van der Waals surface area contributed by atoms with E-state index < -0.39 is 0 Å². The number of fused-ring (bicyclic) bond motifs is 4. The highest BCUT2D eigenvalue weighted by molar-refractivity contribution is 6.11. The van der Waals surface area contributed by atoms with E-state index in [2.05, 4.69) is 252 Å². The highest BCUT2D eigenvalue weighted by Crippen LogP contribution is 2.45. The van der Waals surface area contributed by atoms with Gasteiger partial charge in [-0.15, -0.1) is 0 Å². The van der Waals surface area contributed by atoms with Gasteiger partial charge in [-0.3, -0.25) is 0 Å². The Labute approximate surface area is 350 Å². The molecule has 1 heterocycles. The maximum Gasteiger partial charge on any atom is 0.0562 e. The lowest BCUT2D eigenvalue weighted by molar-refractivity contribution is 1.18. The van der Waals surface area contributed by atoms with Crippen LogP contribution in [0, 0.1) is 0 Å². The van der Waals surface area contributed by atoms with Crippen molar-refractivity contribution in [1.29, 1.82) is 0 Å². The Kier molecular flexibility index (Phi) is 8.87. The fraction of sp³-hybridized carbons (Fsp3) is 0. The second kappa shape index (κ2) is 15.1. The summed E-state index contributed by atoms with van der Waals surface area (Å²) < 4.78 is 2.47. The van der Waals surface area contributed by atoms with E-state index >= 15 is 0 Å². The number of para-hydroxylation sites is 2. The largest absolute Gasteiger partial charge is 0.310 e. The van der Waals surface area contributed by atoms with Gasteiger partial charge < -0.3 is 9.47 Å². The van der Waals surface area contributed by atoms with Crippen LogP contribution >= 0.6 is 0 Å². The summed E-state index contributed by atoms with van der Waals surface area (Å²) in [6.45, 7) is 0. The molecule has 282 valence electrons. The second-order valence-corrected chi connectivity index (χ2v) is 15.3. The molecule has 0 N–H and O–H groups in total. The van der Waals surface area contributed by atoms with Gasteiger partial charge in [-0.25, -0.2) is 0 Å². The molecule has 0 amide bonds. The van der Waals surface area contributed by atoms with E-state index in [-0.39, 0.29) is 0 Å². The quantitative estimate of drug-likeness (QED) is 0.150. The number of hydrogen-bond donors (Lipinski definition) is 0. The maximum absolute atomic E-state index is 2.47. The van der Waals surface area contributed by atoms with Crippen molar-refractivity contribution in [2.45, 2.75) is 0 Å². The molecule has 0 atom stereocenters. The van der Waals surface area contributed by atoms with Gasteiger partial charge in [0.2, 0.25) is 0 Å². The van der Waals surface area contributed by atoms with Crippen LogP contribution in [0.5, 0.6) is 0 Å². The molecule has 0 saturated carbocycles. The van der Waals surface area contributed by atoms with Gasteiger partial charge in [0.05, 0.1) is 22.4 Å². The standard InChI is InChI=1S/C58H40N2/c1-4-16-41(17-5-1)43-30-33-49(34-31-43)59(55-26-14-12-24-51(55)44-19-6-2-7-20-44)50-35-36-53-52-25-13-15-27-56(52)60(58(53)40-50)57-37-32-48(39-54(57)45-21-8-3-9-22-45)47-29-28-42-18-10-11-23-46(42)38-47/h1-40H. The van der Waals surface area contributed by atoms with Crippen LogP contribution in [0.1, 0.15) is 0 Å². The van der Waals surface area contributed by atoms with Crippen LogP contribution in [0.4, 0.5) is 17.1 Å². The van der Waals surface area contributed by atoms with Gasteiger partial charge >= 0.3 is 0 Å². The highest BCUT2D eigenvalue weighted by Gasteiger charge is 2.21. The molecule has 0 aliphatic heterocycles. The monoisotopic (exact) mass is 764 g/mol. The molecule has 0 saturated heterocycles. The molecule has 60 heavy (non-hydrogen) atoms. The number of aromatic nitrogens is 1. The fourth-order valence-corrected chi connectivity index (χ4v) is 8.88. The molecule has 2 heteroatoms. The molecule has 0 fully saturated rings. The van der Waals surface area contributed by atoms with Crippen LogP contribution in [0.3, 0.4) is 0 Å². The van der Waals surface area contributed by atoms with Crippen LogP contribution < -0.4 is 4.90 Å². The molecule has 0 bridgehead atoms. The summed E-state index contributed by atoms with van der Waals surface area (Å²) in [7, 11) is 0. The highest BCUT2D eigenvalue weighted by atomic mass is 15.1. The van der Waals surface area contributed by atoms with Gasteiger partial charge in [0.15, 0.2) is 0 Å². The van der Waals surface area contributed by atoms with E-state index in [0.717, 1.165) is 28.3 Å². The topological polar surface area (TPSA) is 8.17 Å². The SMILES string of the molecule is c1ccc(-c2ccc(N(c3ccc4c5ccccc5n(-c5ccc(-c6ccc7ccccc7c6)cc5-c5ccccc5)c4c3)c3ccccc3-c3ccccc3)cc2)cc1. The van der Waals surface area contributed by atoms with E-state index in [1.54, 1.807) is 0 Å². The third kappa shape index (κ3) is 6.32. The summed E-state index contributed by atoms with van der Waals surface area (Å²) in [5.41, 5.74) is 16.2. The molecule has 10 aromatic carbocycles. The average Bonchev–Trinajstić information content (AvgIpc) is 3.66. The molecule has 1 aromatic heterocycles. The molecule has 2 nitrogen and oxygen atoms in total. The molecule has 11 rings (SSSR count). The fourth-order valence-electron chi connectivity index (χ4n) is 8.88. The van der Waals surface area contributed by atoms with E-state index in [1.807, 2.05) is 0 Å². The molecule has 0 unspecified atom stereocenters. The third-order valence-electron chi connectivity index (χ3n) is 11.8. The molecule has 0 aliphatic rings. The molecule has 0 spiro atoms. The van der Waals surface area contributed by atoms with Crippen molar-refractivity contribution < 1.29 is 0 Å². The van der Waals surface area contributed by atoms with Gasteiger partial charge in [-0.1, -0.05) is 188 Å². The Bertz CT molecular complexity index is 3290. The summed E-state index contributed by atoms with van der Waals surface area (Å²) in [4.78, 5) is 2.42. The lowest BCUT2D eigenvalue weighted by Crippen LogP contribution is -2.11. The molecular formula is C58H40N2. The van der Waals surface area contributed by atoms with Crippen molar-refractivity contribution in [2.24, 2.45) is 0 Å². The first-order valence-electron chi connectivity index (χ1n) is 20.6. The van der Waals surface area contributed by atoms with Crippen LogP contribution in [0.25, 0.3) is 82.8 Å². The van der Waals surface area contributed by atoms with Gasteiger partial charge in [0.1, 0.15) is 0 Å². The van der Waals surface area contributed by atoms with Crippen LogP contribution in [0.15, 0.2) is 243 Å². The Hall–Kier alpha value is -7.94. The molecule has 0 radical (unpaired) electrons. The van der Waals surface area contributed by atoms with Crippen LogP contribution in [-0.2, 0) is 0 Å². The van der Waals surface area contributed by atoms with Crippen molar-refractivity contribution in [3.05, 3.63) is 243 Å². The first-order chi connectivity index (χ1) is 29.8. The summed E-state index contributed by atoms with van der Waals surface area (Å²) >= 11 is 0. The predicted octanol–water partition coefficient (Wildman–Crippen LogP) is 16.1. The zero-order valence-electron chi connectivity index (χ0n) is 33.0. The lowest BCUT2D eigenvalue weighted by atomic mass is 9.95. The number of benzene rings is 10. The number of hydrogen-bond acceptors (Lipinski definition) is 1. The number of rotatable bonds is 8. The normalized spacial score (nSPS) is 11.3. The summed E-state index contributed by atoms with van der Waals surface area (Å²) in [5, 5.41) is 4.92. The number of anilines is 3. The van der Waals surface area contributed by atoms with Crippen LogP contribution in [0.2, 0.25) is 0 Å². The maximum atomic E-state index is 2.47. The summed E-state index contributed by atoms with van der Waals surface area (Å²) in [6.07, 6.45) is 0. The van der Waals surface area contributed by atoms with Crippen molar-refractivity contribution in [2.75, 3.05) is 4.90 Å². The van der Waals surface area contributed by atoms with E-state index in [1.165, 1.54) is 71.6 Å². The van der Waals surface area contributed by atoms with Crippen LogP contribution in [-0.4, -0.2) is 4.57 Å². The van der Waals surface area contributed by atoms with E-state index in [9.17, 15) is 0 Å². The van der Waals surface area contributed by atoms with E-state index in [4.69, 9.17) is 0 Å². The number of nitrogens with zero attached hydrogens (tertiary/aromatic N) is 2. The molecule has 11 aromatic rings. The minimum absolute atomic E-state index is 1.08.